The summed E-state index contributed by atoms with van der Waals surface area (Å²) in [5.41, 5.74) is 0. The minimum absolute atomic E-state index is 0.0594. The first-order valence-electron chi connectivity index (χ1n) is 51.9. The van der Waals surface area contributed by atoms with Gasteiger partial charge < -0.3 is 37.9 Å². The van der Waals surface area contributed by atoms with Gasteiger partial charge in [-0.3, -0.25) is 0 Å². The molecule has 0 aromatic carbocycles. The summed E-state index contributed by atoms with van der Waals surface area (Å²) in [6.07, 6.45) is 51.6. The van der Waals surface area contributed by atoms with E-state index in [2.05, 4.69) is 0 Å². The molecule has 0 radical (unpaired) electrons. The van der Waals surface area contributed by atoms with Crippen LogP contribution in [-0.2, 0) is 37.9 Å². The fourth-order valence-corrected chi connectivity index (χ4v) is 16.6. The fraction of sp³-hybridized carbons (Fsp3) is 1.00. The van der Waals surface area contributed by atoms with E-state index in [0.717, 1.165) is 240 Å². The van der Waals surface area contributed by atoms with Crippen LogP contribution in [0.1, 0.15) is 488 Å². The van der Waals surface area contributed by atoms with E-state index in [1.165, 1.54) is 250 Å². The number of alkyl halides is 20. The lowest BCUT2D eigenvalue weighted by Gasteiger charge is -2.22. The molecule has 0 amide bonds. The third-order valence-corrected chi connectivity index (χ3v) is 25.1. The molecule has 768 valence electrons. The number of unbranched alkanes of at least 4 members (excludes halogenated alkanes) is 58. The van der Waals surface area contributed by atoms with Crippen LogP contribution in [-0.4, -0.2) is 152 Å². The second-order valence-corrected chi connectivity index (χ2v) is 37.3. The summed E-state index contributed by atoms with van der Waals surface area (Å²) in [4.78, 5) is 0. The maximum atomic E-state index is 12.8. The molecule has 4 atom stereocenters. The predicted molar refractivity (Wildman–Crippen MR) is 477 cm³/mol. The molecule has 4 aliphatic heterocycles. The number of hydrogen-bond acceptors (Lipinski definition) is 8. The van der Waals surface area contributed by atoms with E-state index in [9.17, 15) is 87.8 Å². The van der Waals surface area contributed by atoms with Crippen molar-refractivity contribution in [1.29, 1.82) is 0 Å². The number of halogens is 20. The third-order valence-electron chi connectivity index (χ3n) is 25.1. The van der Waals surface area contributed by atoms with Gasteiger partial charge in [-0.25, -0.2) is 0 Å². The van der Waals surface area contributed by atoms with Crippen molar-refractivity contribution >= 4 is 0 Å². The van der Waals surface area contributed by atoms with Crippen molar-refractivity contribution in [3.05, 3.63) is 0 Å². The summed E-state index contributed by atoms with van der Waals surface area (Å²) in [6.45, 7) is 9.97. The Balaban J connectivity index is 0.000000854. The average molecular weight is 1890 g/mol. The predicted octanol–water partition coefficient (Wildman–Crippen LogP) is 36.0. The average Bonchev–Trinajstić information content (AvgIpc) is 1.04. The smallest absolute Gasteiger partial charge is 0.379 e. The van der Waals surface area contributed by atoms with Crippen molar-refractivity contribution in [2.24, 2.45) is 0 Å². The van der Waals surface area contributed by atoms with E-state index in [1.807, 2.05) is 0 Å². The normalized spacial score (nSPS) is 17.5. The molecule has 4 unspecified atom stereocenters. The van der Waals surface area contributed by atoms with Crippen LogP contribution >= 0.6 is 0 Å². The molecule has 0 spiro atoms. The Labute approximate surface area is 762 Å². The highest BCUT2D eigenvalue weighted by molar-refractivity contribution is 4.79. The molecule has 4 saturated heterocycles. The zero-order valence-corrected chi connectivity index (χ0v) is 79.4. The largest absolute Gasteiger partial charge is 0.453 e. The summed E-state index contributed by atoms with van der Waals surface area (Å²) in [5, 5.41) is 0. The highest BCUT2D eigenvalue weighted by Crippen LogP contribution is 2.43. The topological polar surface area (TPSA) is 73.8 Å². The molecular weight excluding hydrogens is 1710 g/mol. The monoisotopic (exact) mass is 1890 g/mol. The van der Waals surface area contributed by atoms with E-state index < -0.39 is 74.1 Å². The van der Waals surface area contributed by atoms with Crippen LogP contribution in [0.25, 0.3) is 0 Å². The molecule has 0 saturated carbocycles. The Bertz CT molecular complexity index is 2320. The van der Waals surface area contributed by atoms with Gasteiger partial charge in [0.2, 0.25) is 0 Å². The van der Waals surface area contributed by atoms with E-state index in [0.29, 0.717) is 50.1 Å². The van der Waals surface area contributed by atoms with E-state index >= 15 is 0 Å². The van der Waals surface area contributed by atoms with Gasteiger partial charge in [0.1, 0.15) is 0 Å². The van der Waals surface area contributed by atoms with Crippen molar-refractivity contribution < 1.29 is 126 Å². The van der Waals surface area contributed by atoms with Gasteiger partial charge in [-0.05, 0) is 116 Å². The number of ether oxygens (including phenoxy) is 8. The number of rotatable bonds is 82. The molecule has 0 aliphatic carbocycles. The summed E-state index contributed by atoms with van der Waals surface area (Å²) in [6, 6.07) is 0. The second kappa shape index (κ2) is 81.3. The molecule has 0 bridgehead atoms. The van der Waals surface area contributed by atoms with Gasteiger partial charge in [-0.1, -0.05) is 347 Å². The highest BCUT2D eigenvalue weighted by atomic mass is 19.4. The van der Waals surface area contributed by atoms with Gasteiger partial charge in [0.25, 0.3) is 0 Å². The molecule has 0 N–H and O–H groups in total. The molecule has 128 heavy (non-hydrogen) atoms. The molecule has 0 aromatic heterocycles. The standard InChI is InChI=1S/C26H47F5O2.2C25H45F5O2.C24H43F5O2/c27-25(28,26(29,30)31)20-16-13-11-9-7-5-3-1-2-4-6-8-10-12-14-17-21-32-23-24-19-15-18-22-33-24;26-24(27,25(28,29)30)19-15-12-10-8-6-4-2-1-3-5-7-9-11-13-16-20-31-22-23-18-14-17-21-32-23;26-24(27,25(28,29)30)19-15-13-11-9-7-5-3-1-2-4-6-8-10-12-14-16-20-31-22-23-18-17-21-32-23;25-23(26,24(27,28)29)18-14-12-10-8-6-4-2-1-3-5-7-9-11-13-15-19-30-21-22-17-16-20-31-22/h24H,1-23H2;2*23H,1-22H2;22H,1-21H2. The summed E-state index contributed by atoms with van der Waals surface area (Å²) >= 11 is 0. The van der Waals surface area contributed by atoms with Crippen LogP contribution in [0.15, 0.2) is 0 Å². The lowest BCUT2D eigenvalue weighted by molar-refractivity contribution is -0.284. The molecule has 28 heteroatoms. The molecular formula is C100H180F20O8. The van der Waals surface area contributed by atoms with Gasteiger partial charge in [-0.15, -0.1) is 0 Å². The number of hydrogen-bond donors (Lipinski definition) is 0. The highest BCUT2D eigenvalue weighted by Gasteiger charge is 2.59. The van der Waals surface area contributed by atoms with Crippen LogP contribution in [0.4, 0.5) is 87.8 Å². The fourth-order valence-electron chi connectivity index (χ4n) is 16.6. The Morgan fingerprint density at radius 1 is 0.156 bits per heavy atom. The summed E-state index contributed by atoms with van der Waals surface area (Å²) < 4.78 is 292. The molecule has 4 heterocycles. The first-order valence-corrected chi connectivity index (χ1v) is 51.9. The molecule has 0 aromatic rings. The van der Waals surface area contributed by atoms with Gasteiger partial charge in [0, 0.05) is 78.5 Å². The molecule has 4 rings (SSSR count). The summed E-state index contributed by atoms with van der Waals surface area (Å²) in [7, 11) is 0. The Hall–Kier alpha value is -1.72. The van der Waals surface area contributed by atoms with Crippen LogP contribution in [0, 0.1) is 0 Å². The summed E-state index contributed by atoms with van der Waals surface area (Å²) in [5.74, 6) is -18.1. The molecule has 4 fully saturated rings. The maximum absolute atomic E-state index is 12.8. The van der Waals surface area contributed by atoms with Gasteiger partial charge >= 0.3 is 48.4 Å². The van der Waals surface area contributed by atoms with Crippen molar-refractivity contribution in [1.82, 2.24) is 0 Å². The molecule has 4 aliphatic rings. The van der Waals surface area contributed by atoms with Crippen molar-refractivity contribution in [3.8, 4) is 0 Å². The van der Waals surface area contributed by atoms with Crippen LogP contribution in [0.5, 0.6) is 0 Å². The van der Waals surface area contributed by atoms with Crippen LogP contribution in [0.3, 0.4) is 0 Å². The zero-order chi connectivity index (χ0) is 94.2. The SMILES string of the molecule is FC(F)(F)C(F)(F)CCCCCCCCCCCCCCCCCCOCC1CCCCO1.FC(F)(F)C(F)(F)CCCCCCCCCCCCCCCCCCOCC1CCCO1.FC(F)(F)C(F)(F)CCCCCCCCCCCCCCCCCOCC1CCCCO1.FC(F)(F)C(F)(F)CCCCCCCCCCCCCCCCCOCC1CCCO1. The minimum Gasteiger partial charge on any atom is -0.379 e. The van der Waals surface area contributed by atoms with Crippen LogP contribution < -0.4 is 0 Å². The minimum atomic E-state index is -5.41. The van der Waals surface area contributed by atoms with Crippen molar-refractivity contribution in [2.75, 3.05) is 79.3 Å². The van der Waals surface area contributed by atoms with Crippen LogP contribution in [0.2, 0.25) is 0 Å². The lowest BCUT2D eigenvalue weighted by Crippen LogP contribution is -2.36. The van der Waals surface area contributed by atoms with Crippen molar-refractivity contribution in [3.63, 3.8) is 0 Å². The van der Waals surface area contributed by atoms with Gasteiger partial charge in [0.05, 0.1) is 50.8 Å². The quantitative estimate of drug-likeness (QED) is 0.0441. The maximum Gasteiger partial charge on any atom is 0.453 e. The Kier molecular flexibility index (Phi) is 78.9. The third kappa shape index (κ3) is 75.4. The van der Waals surface area contributed by atoms with Gasteiger partial charge in [-0.2, -0.15) is 87.8 Å². The molecule has 8 nitrogen and oxygen atoms in total. The van der Waals surface area contributed by atoms with Crippen molar-refractivity contribution in [2.45, 2.75) is 561 Å². The first kappa shape index (κ1) is 124. The first-order chi connectivity index (χ1) is 61.3. The lowest BCUT2D eigenvalue weighted by atomic mass is 10.0. The van der Waals surface area contributed by atoms with E-state index in [-0.39, 0.29) is 25.7 Å². The van der Waals surface area contributed by atoms with E-state index in [1.54, 1.807) is 0 Å². The van der Waals surface area contributed by atoms with E-state index in [4.69, 9.17) is 37.9 Å². The Morgan fingerprint density at radius 3 is 0.406 bits per heavy atom. The second-order valence-electron chi connectivity index (χ2n) is 37.3. The zero-order valence-electron chi connectivity index (χ0n) is 79.4. The Morgan fingerprint density at radius 2 is 0.281 bits per heavy atom. The van der Waals surface area contributed by atoms with Gasteiger partial charge in [0.15, 0.2) is 0 Å².